The molecule has 0 aliphatic carbocycles. The predicted octanol–water partition coefficient (Wildman–Crippen LogP) is 5.32. The predicted molar refractivity (Wildman–Crippen MR) is 113 cm³/mol. The van der Waals surface area contributed by atoms with Crippen molar-refractivity contribution in [2.24, 2.45) is 0 Å². The van der Waals surface area contributed by atoms with E-state index in [1.54, 1.807) is 18.2 Å². The third-order valence-electron chi connectivity index (χ3n) is 4.50. The molecule has 1 heterocycles. The Morgan fingerprint density at radius 2 is 1.71 bits per heavy atom. The summed E-state index contributed by atoms with van der Waals surface area (Å²) in [5.41, 5.74) is 3.48. The highest BCUT2D eigenvalue weighted by molar-refractivity contribution is 6.36. The summed E-state index contributed by atoms with van der Waals surface area (Å²) in [6, 6.07) is 22.9. The van der Waals surface area contributed by atoms with Gasteiger partial charge in [-0.1, -0.05) is 65.7 Å². The van der Waals surface area contributed by atoms with Crippen LogP contribution in [-0.4, -0.2) is 15.5 Å². The van der Waals surface area contributed by atoms with Gasteiger partial charge in [-0.2, -0.15) is 0 Å². The minimum atomic E-state index is -0.264. The largest absolute Gasteiger partial charge is 0.345 e. The summed E-state index contributed by atoms with van der Waals surface area (Å²) in [5.74, 6) is 0.517. The molecule has 140 valence electrons. The van der Waals surface area contributed by atoms with E-state index in [2.05, 4.69) is 22.0 Å². The molecule has 0 fully saturated rings. The van der Waals surface area contributed by atoms with Gasteiger partial charge < -0.3 is 9.88 Å². The number of fused-ring (bicyclic) bond motifs is 1. The number of halogens is 2. The molecular formula is C22H17Cl2N3O. The van der Waals surface area contributed by atoms with Crippen molar-refractivity contribution in [2.45, 2.75) is 13.1 Å². The molecule has 1 N–H and O–H groups in total. The zero-order valence-electron chi connectivity index (χ0n) is 14.9. The van der Waals surface area contributed by atoms with Crippen LogP contribution in [0.3, 0.4) is 0 Å². The Labute approximate surface area is 172 Å². The molecular weight excluding hydrogens is 393 g/mol. The van der Waals surface area contributed by atoms with Crippen LogP contribution in [0, 0.1) is 0 Å². The number of benzene rings is 3. The molecule has 0 spiro atoms. The minimum Gasteiger partial charge on any atom is -0.345 e. The Morgan fingerprint density at radius 1 is 0.964 bits per heavy atom. The highest BCUT2D eigenvalue weighted by Crippen LogP contribution is 2.22. The van der Waals surface area contributed by atoms with E-state index in [4.69, 9.17) is 28.2 Å². The molecule has 0 saturated carbocycles. The Bertz CT molecular complexity index is 1140. The van der Waals surface area contributed by atoms with Crippen LogP contribution in [0.1, 0.15) is 21.7 Å². The lowest BCUT2D eigenvalue weighted by Crippen LogP contribution is -2.25. The lowest BCUT2D eigenvalue weighted by atomic mass is 10.2. The van der Waals surface area contributed by atoms with Gasteiger partial charge in [-0.3, -0.25) is 4.79 Å². The van der Waals surface area contributed by atoms with Gasteiger partial charge in [-0.25, -0.2) is 4.98 Å². The third-order valence-corrected chi connectivity index (χ3v) is 5.05. The van der Waals surface area contributed by atoms with Gasteiger partial charge in [0.25, 0.3) is 5.91 Å². The fraction of sp³-hybridized carbons (Fsp3) is 0.0909. The fourth-order valence-electron chi connectivity index (χ4n) is 3.13. The van der Waals surface area contributed by atoms with Gasteiger partial charge in [0.1, 0.15) is 5.82 Å². The van der Waals surface area contributed by atoms with Crippen molar-refractivity contribution in [1.29, 1.82) is 0 Å². The van der Waals surface area contributed by atoms with Gasteiger partial charge in [-0.05, 0) is 35.9 Å². The second-order valence-electron chi connectivity index (χ2n) is 6.40. The first-order valence-electron chi connectivity index (χ1n) is 8.83. The van der Waals surface area contributed by atoms with Crippen LogP contribution in [0.5, 0.6) is 0 Å². The van der Waals surface area contributed by atoms with Gasteiger partial charge in [0, 0.05) is 11.6 Å². The Morgan fingerprint density at radius 3 is 2.50 bits per heavy atom. The molecule has 4 aromatic rings. The lowest BCUT2D eigenvalue weighted by molar-refractivity contribution is 0.0949. The quantitative estimate of drug-likeness (QED) is 0.484. The molecule has 0 bridgehead atoms. The van der Waals surface area contributed by atoms with E-state index in [9.17, 15) is 4.79 Å². The summed E-state index contributed by atoms with van der Waals surface area (Å²) >= 11 is 12.1. The number of hydrogen-bond acceptors (Lipinski definition) is 2. The average Bonchev–Trinajstić information content (AvgIpc) is 3.04. The molecule has 0 unspecified atom stereocenters. The second kappa shape index (κ2) is 8.05. The van der Waals surface area contributed by atoms with Crippen molar-refractivity contribution in [3.05, 3.63) is 99.8 Å². The van der Waals surface area contributed by atoms with Crippen LogP contribution in [0.2, 0.25) is 10.0 Å². The molecule has 0 saturated heterocycles. The minimum absolute atomic E-state index is 0.264. The van der Waals surface area contributed by atoms with E-state index >= 15 is 0 Å². The van der Waals surface area contributed by atoms with Crippen molar-refractivity contribution < 1.29 is 4.79 Å². The van der Waals surface area contributed by atoms with Gasteiger partial charge >= 0.3 is 0 Å². The maximum atomic E-state index is 12.6. The monoisotopic (exact) mass is 409 g/mol. The Hall–Kier alpha value is -2.82. The lowest BCUT2D eigenvalue weighted by Gasteiger charge is -2.11. The van der Waals surface area contributed by atoms with Crippen molar-refractivity contribution in [2.75, 3.05) is 0 Å². The normalized spacial score (nSPS) is 10.9. The van der Waals surface area contributed by atoms with E-state index < -0.39 is 0 Å². The number of amides is 1. The zero-order valence-corrected chi connectivity index (χ0v) is 16.4. The van der Waals surface area contributed by atoms with E-state index in [0.717, 1.165) is 16.9 Å². The molecule has 1 amide bonds. The van der Waals surface area contributed by atoms with Gasteiger partial charge in [0.05, 0.1) is 28.2 Å². The van der Waals surface area contributed by atoms with Crippen molar-refractivity contribution in [3.8, 4) is 0 Å². The van der Waals surface area contributed by atoms with E-state index in [1.807, 2.05) is 42.5 Å². The van der Waals surface area contributed by atoms with Crippen molar-refractivity contribution in [1.82, 2.24) is 14.9 Å². The maximum Gasteiger partial charge on any atom is 0.253 e. The Balaban J connectivity index is 1.61. The molecule has 4 rings (SSSR count). The number of carbonyl (C=O) groups excluding carboxylic acids is 1. The van der Waals surface area contributed by atoms with Crippen LogP contribution in [0.25, 0.3) is 11.0 Å². The smallest absolute Gasteiger partial charge is 0.253 e. The van der Waals surface area contributed by atoms with Gasteiger partial charge in [0.2, 0.25) is 0 Å². The van der Waals surface area contributed by atoms with Crippen LogP contribution in [0.4, 0.5) is 0 Å². The van der Waals surface area contributed by atoms with Gasteiger partial charge in [0.15, 0.2) is 0 Å². The number of hydrogen-bond donors (Lipinski definition) is 1. The SMILES string of the molecule is O=C(NCc1nc2ccccc2n1Cc1ccccc1)c1ccc(Cl)cc1Cl. The summed E-state index contributed by atoms with van der Waals surface area (Å²) in [6.45, 7) is 0.966. The molecule has 28 heavy (non-hydrogen) atoms. The summed E-state index contributed by atoms with van der Waals surface area (Å²) < 4.78 is 2.12. The number of rotatable bonds is 5. The summed E-state index contributed by atoms with van der Waals surface area (Å²) in [6.07, 6.45) is 0. The molecule has 0 atom stereocenters. The molecule has 1 aromatic heterocycles. The Kier molecular flexibility index (Phi) is 5.33. The first-order chi connectivity index (χ1) is 13.6. The second-order valence-corrected chi connectivity index (χ2v) is 7.24. The van der Waals surface area contributed by atoms with Gasteiger partial charge in [-0.15, -0.1) is 0 Å². The highest BCUT2D eigenvalue weighted by Gasteiger charge is 2.14. The zero-order chi connectivity index (χ0) is 19.5. The number of para-hydroxylation sites is 2. The van der Waals surface area contributed by atoms with Crippen LogP contribution < -0.4 is 5.32 Å². The number of nitrogens with zero attached hydrogens (tertiary/aromatic N) is 2. The molecule has 3 aromatic carbocycles. The van der Waals surface area contributed by atoms with E-state index in [1.165, 1.54) is 5.56 Å². The van der Waals surface area contributed by atoms with E-state index in [-0.39, 0.29) is 5.91 Å². The molecule has 0 radical (unpaired) electrons. The van der Waals surface area contributed by atoms with Crippen LogP contribution in [-0.2, 0) is 13.1 Å². The third kappa shape index (κ3) is 3.88. The summed E-state index contributed by atoms with van der Waals surface area (Å²) in [7, 11) is 0. The number of nitrogens with one attached hydrogen (secondary N) is 1. The van der Waals surface area contributed by atoms with Crippen LogP contribution in [0.15, 0.2) is 72.8 Å². The molecule has 0 aliphatic rings. The number of carbonyl (C=O) groups is 1. The number of aromatic nitrogens is 2. The standard InChI is InChI=1S/C22H17Cl2N3O/c23-16-10-11-17(18(24)12-16)22(28)25-13-21-26-19-8-4-5-9-20(19)27(21)14-15-6-2-1-3-7-15/h1-12H,13-14H2,(H,25,28). The highest BCUT2D eigenvalue weighted by atomic mass is 35.5. The van der Waals surface area contributed by atoms with Crippen LogP contribution >= 0.6 is 23.2 Å². The fourth-order valence-corrected chi connectivity index (χ4v) is 3.63. The molecule has 6 heteroatoms. The molecule has 4 nitrogen and oxygen atoms in total. The average molecular weight is 410 g/mol. The number of imidazole rings is 1. The maximum absolute atomic E-state index is 12.6. The molecule has 0 aliphatic heterocycles. The first-order valence-corrected chi connectivity index (χ1v) is 9.59. The first kappa shape index (κ1) is 18.5. The summed E-state index contributed by atoms with van der Waals surface area (Å²) in [5, 5.41) is 3.73. The van der Waals surface area contributed by atoms with E-state index in [0.29, 0.717) is 28.7 Å². The van der Waals surface area contributed by atoms with Crippen molar-refractivity contribution >= 4 is 40.1 Å². The summed E-state index contributed by atoms with van der Waals surface area (Å²) in [4.78, 5) is 17.3. The topological polar surface area (TPSA) is 46.9 Å². The van der Waals surface area contributed by atoms with Crippen molar-refractivity contribution in [3.63, 3.8) is 0 Å².